The van der Waals surface area contributed by atoms with Crippen molar-refractivity contribution in [3.8, 4) is 0 Å². The van der Waals surface area contributed by atoms with Crippen molar-refractivity contribution in [1.82, 2.24) is 4.98 Å². The van der Waals surface area contributed by atoms with Crippen LogP contribution in [0.2, 0.25) is 0 Å². The molecule has 1 heterocycles. The first kappa shape index (κ1) is 11.2. The lowest BCUT2D eigenvalue weighted by atomic mass is 10.0. The molecule has 0 aliphatic carbocycles. The number of nitrogens with one attached hydrogen (secondary N) is 1. The van der Waals surface area contributed by atoms with E-state index in [9.17, 15) is 9.59 Å². The molecule has 2 amide bonds. The van der Waals surface area contributed by atoms with Gasteiger partial charge in [0.05, 0.1) is 0 Å². The van der Waals surface area contributed by atoms with E-state index in [4.69, 9.17) is 11.5 Å². The number of aromatic nitrogens is 1. The van der Waals surface area contributed by atoms with Gasteiger partial charge in [0.25, 0.3) is 5.91 Å². The molecule has 2 aromatic rings. The molecule has 88 valence electrons. The average molecular weight is 231 g/mol. The van der Waals surface area contributed by atoms with Crippen molar-refractivity contribution in [2.24, 2.45) is 11.5 Å². The summed E-state index contributed by atoms with van der Waals surface area (Å²) in [6.07, 6.45) is 0.611. The Bertz CT molecular complexity index is 586. The molecular formula is C12H13N3O2. The number of aryl methyl sites for hydroxylation is 1. The molecule has 0 saturated carbocycles. The number of H-pyrrole nitrogens is 1. The maximum Gasteiger partial charge on any atom is 0.265 e. The number of rotatable bonds is 4. The summed E-state index contributed by atoms with van der Waals surface area (Å²) in [5.74, 6) is -0.925. The molecule has 0 atom stereocenters. The summed E-state index contributed by atoms with van der Waals surface area (Å²) in [4.78, 5) is 25.1. The minimum absolute atomic E-state index is 0.197. The molecule has 1 aromatic carbocycles. The molecule has 0 radical (unpaired) electrons. The van der Waals surface area contributed by atoms with E-state index in [1.807, 2.05) is 24.3 Å². The minimum atomic E-state index is -0.527. The Balaban J connectivity index is 2.51. The van der Waals surface area contributed by atoms with Crippen molar-refractivity contribution in [1.29, 1.82) is 0 Å². The third-order valence-electron chi connectivity index (χ3n) is 2.68. The minimum Gasteiger partial charge on any atom is -0.370 e. The van der Waals surface area contributed by atoms with Crippen molar-refractivity contribution in [2.75, 3.05) is 0 Å². The zero-order valence-corrected chi connectivity index (χ0v) is 9.19. The Morgan fingerprint density at radius 2 is 1.88 bits per heavy atom. The molecule has 0 aliphatic rings. The zero-order valence-electron chi connectivity index (χ0n) is 9.19. The van der Waals surface area contributed by atoms with Gasteiger partial charge in [0.15, 0.2) is 0 Å². The molecule has 0 aliphatic heterocycles. The van der Waals surface area contributed by atoms with E-state index in [0.717, 1.165) is 16.5 Å². The van der Waals surface area contributed by atoms with E-state index in [1.165, 1.54) is 0 Å². The molecule has 5 heteroatoms. The molecular weight excluding hydrogens is 218 g/mol. The maximum atomic E-state index is 11.3. The van der Waals surface area contributed by atoms with Crippen LogP contribution in [0.1, 0.15) is 22.5 Å². The van der Waals surface area contributed by atoms with Crippen LogP contribution in [0.25, 0.3) is 10.9 Å². The van der Waals surface area contributed by atoms with E-state index in [2.05, 4.69) is 4.98 Å². The van der Waals surface area contributed by atoms with Gasteiger partial charge < -0.3 is 16.5 Å². The average Bonchev–Trinajstić information content (AvgIpc) is 2.65. The molecule has 1 aromatic heterocycles. The lowest BCUT2D eigenvalue weighted by molar-refractivity contribution is -0.117. The fourth-order valence-electron chi connectivity index (χ4n) is 1.92. The van der Waals surface area contributed by atoms with Gasteiger partial charge in [-0.1, -0.05) is 18.2 Å². The second-order valence-electron chi connectivity index (χ2n) is 3.85. The predicted octanol–water partition coefficient (Wildman–Crippen LogP) is 0.685. The summed E-state index contributed by atoms with van der Waals surface area (Å²) in [6.45, 7) is 0. The van der Waals surface area contributed by atoms with Gasteiger partial charge in [-0.25, -0.2) is 0 Å². The third-order valence-corrected chi connectivity index (χ3v) is 2.68. The number of fused-ring (bicyclic) bond motifs is 1. The summed E-state index contributed by atoms with van der Waals surface area (Å²) < 4.78 is 0. The Morgan fingerprint density at radius 1 is 1.18 bits per heavy atom. The van der Waals surface area contributed by atoms with Crippen molar-refractivity contribution >= 4 is 22.7 Å². The number of hydrogen-bond donors (Lipinski definition) is 3. The van der Waals surface area contributed by atoms with Crippen LogP contribution in [0.15, 0.2) is 24.3 Å². The molecule has 0 unspecified atom stereocenters. The van der Waals surface area contributed by atoms with Gasteiger partial charge in [-0.05, 0) is 18.1 Å². The third kappa shape index (κ3) is 2.13. The van der Waals surface area contributed by atoms with Crippen LogP contribution in [0, 0.1) is 0 Å². The van der Waals surface area contributed by atoms with E-state index < -0.39 is 11.8 Å². The molecule has 5 nitrogen and oxygen atoms in total. The fourth-order valence-corrected chi connectivity index (χ4v) is 1.92. The highest BCUT2D eigenvalue weighted by atomic mass is 16.1. The molecule has 5 N–H and O–H groups in total. The van der Waals surface area contributed by atoms with Crippen LogP contribution >= 0.6 is 0 Å². The smallest absolute Gasteiger partial charge is 0.265 e. The van der Waals surface area contributed by atoms with Crippen LogP contribution in [-0.4, -0.2) is 16.8 Å². The first-order valence-corrected chi connectivity index (χ1v) is 5.27. The SMILES string of the molecule is NC(=O)CCc1c(C(N)=O)[nH]c2ccccc12. The second kappa shape index (κ2) is 4.29. The molecule has 17 heavy (non-hydrogen) atoms. The number of aromatic amines is 1. The molecule has 0 bridgehead atoms. The van der Waals surface area contributed by atoms with E-state index in [-0.39, 0.29) is 6.42 Å². The van der Waals surface area contributed by atoms with Crippen molar-refractivity contribution < 1.29 is 9.59 Å². The highest BCUT2D eigenvalue weighted by Crippen LogP contribution is 2.23. The maximum absolute atomic E-state index is 11.3. The van der Waals surface area contributed by atoms with Crippen LogP contribution in [0.3, 0.4) is 0 Å². The fraction of sp³-hybridized carbons (Fsp3) is 0.167. The number of primary amides is 2. The first-order chi connectivity index (χ1) is 8.09. The topological polar surface area (TPSA) is 102 Å². The summed E-state index contributed by atoms with van der Waals surface area (Å²) >= 11 is 0. The normalized spacial score (nSPS) is 10.6. The van der Waals surface area contributed by atoms with Crippen molar-refractivity contribution in [3.05, 3.63) is 35.5 Å². The second-order valence-corrected chi connectivity index (χ2v) is 3.85. The van der Waals surface area contributed by atoms with Gasteiger partial charge in [-0.3, -0.25) is 9.59 Å². The monoisotopic (exact) mass is 231 g/mol. The summed E-state index contributed by atoms with van der Waals surface area (Å²) in [7, 11) is 0. The Morgan fingerprint density at radius 3 is 2.53 bits per heavy atom. The van der Waals surface area contributed by atoms with Crippen LogP contribution in [0.5, 0.6) is 0 Å². The Labute approximate surface area is 97.8 Å². The number of benzene rings is 1. The van der Waals surface area contributed by atoms with Gasteiger partial charge >= 0.3 is 0 Å². The van der Waals surface area contributed by atoms with Gasteiger partial charge in [0, 0.05) is 17.3 Å². The molecule has 0 fully saturated rings. The highest BCUT2D eigenvalue weighted by Gasteiger charge is 2.15. The Kier molecular flexibility index (Phi) is 2.82. The number of hydrogen-bond acceptors (Lipinski definition) is 2. The number of carbonyl (C=O) groups is 2. The quantitative estimate of drug-likeness (QED) is 0.720. The number of carbonyl (C=O) groups excluding carboxylic acids is 2. The zero-order chi connectivity index (χ0) is 12.4. The van der Waals surface area contributed by atoms with Gasteiger partial charge in [0.1, 0.15) is 5.69 Å². The lowest BCUT2D eigenvalue weighted by Gasteiger charge is -1.99. The van der Waals surface area contributed by atoms with Crippen molar-refractivity contribution in [2.45, 2.75) is 12.8 Å². The van der Waals surface area contributed by atoms with E-state index in [0.29, 0.717) is 12.1 Å². The predicted molar refractivity (Wildman–Crippen MR) is 64.3 cm³/mol. The molecule has 2 rings (SSSR count). The molecule has 0 spiro atoms. The lowest BCUT2D eigenvalue weighted by Crippen LogP contribution is -2.16. The first-order valence-electron chi connectivity index (χ1n) is 5.27. The summed E-state index contributed by atoms with van der Waals surface area (Å²) in [6, 6.07) is 7.47. The largest absolute Gasteiger partial charge is 0.370 e. The van der Waals surface area contributed by atoms with Gasteiger partial charge in [-0.2, -0.15) is 0 Å². The van der Waals surface area contributed by atoms with Gasteiger partial charge in [-0.15, -0.1) is 0 Å². The van der Waals surface area contributed by atoms with Gasteiger partial charge in [0.2, 0.25) is 5.91 Å². The van der Waals surface area contributed by atoms with Crippen molar-refractivity contribution in [3.63, 3.8) is 0 Å². The highest BCUT2D eigenvalue weighted by molar-refractivity contribution is 6.00. The van der Waals surface area contributed by atoms with E-state index >= 15 is 0 Å². The van der Waals surface area contributed by atoms with Crippen LogP contribution < -0.4 is 11.5 Å². The number of para-hydroxylation sites is 1. The number of nitrogens with two attached hydrogens (primary N) is 2. The van der Waals surface area contributed by atoms with E-state index in [1.54, 1.807) is 0 Å². The standard InChI is InChI=1S/C12H13N3O2/c13-10(16)6-5-8-7-3-1-2-4-9(7)15-11(8)12(14)17/h1-4,15H,5-6H2,(H2,13,16)(H2,14,17). The van der Waals surface area contributed by atoms with Crippen LogP contribution in [0.4, 0.5) is 0 Å². The van der Waals surface area contributed by atoms with Crippen LogP contribution in [-0.2, 0) is 11.2 Å². The molecule has 0 saturated heterocycles. The summed E-state index contributed by atoms with van der Waals surface area (Å²) in [5.41, 5.74) is 12.4. The summed E-state index contributed by atoms with van der Waals surface area (Å²) in [5, 5.41) is 0.905. The number of amides is 2. The Hall–Kier alpha value is -2.30.